The first-order valence-corrected chi connectivity index (χ1v) is 13.8. The van der Waals surface area contributed by atoms with Crippen LogP contribution >= 0.6 is 22.9 Å². The molecule has 0 amide bonds. The van der Waals surface area contributed by atoms with Crippen LogP contribution in [0.2, 0.25) is 5.28 Å². The molecule has 1 aliphatic heterocycles. The summed E-state index contributed by atoms with van der Waals surface area (Å²) in [4.78, 5) is 16.0. The maximum Gasteiger partial charge on any atom is 0.224 e. The van der Waals surface area contributed by atoms with E-state index in [-0.39, 0.29) is 17.2 Å². The number of likely N-dealkylation sites (tertiary alicyclic amines) is 1. The summed E-state index contributed by atoms with van der Waals surface area (Å²) in [7, 11) is 2.13. The van der Waals surface area contributed by atoms with Crippen LogP contribution < -0.4 is 0 Å². The molecule has 2 N–H and O–H groups in total. The number of nitrogens with zero attached hydrogens (tertiary/aromatic N) is 5. The van der Waals surface area contributed by atoms with Crippen molar-refractivity contribution in [3.8, 4) is 10.6 Å². The number of aliphatic hydroxyl groups excluding tert-OH is 2. The van der Waals surface area contributed by atoms with Crippen LogP contribution in [0.5, 0.6) is 0 Å². The third kappa shape index (κ3) is 4.46. The van der Waals surface area contributed by atoms with E-state index < -0.39 is 12.2 Å². The second kappa shape index (κ2) is 9.84. The summed E-state index contributed by atoms with van der Waals surface area (Å²) in [6.07, 6.45) is 5.79. The molecule has 36 heavy (non-hydrogen) atoms. The predicted octanol–water partition coefficient (Wildman–Crippen LogP) is 4.42. The number of hydrogen-bond acceptors (Lipinski definition) is 7. The van der Waals surface area contributed by atoms with Crippen LogP contribution in [0, 0.1) is 11.8 Å². The van der Waals surface area contributed by atoms with E-state index >= 15 is 0 Å². The fraction of sp³-hybridized carbons (Fsp3) is 0.444. The number of aliphatic hydroxyl groups is 2. The largest absolute Gasteiger partial charge is 0.390 e. The van der Waals surface area contributed by atoms with Crippen molar-refractivity contribution in [1.82, 2.24) is 24.4 Å². The van der Waals surface area contributed by atoms with Crippen LogP contribution in [0.1, 0.15) is 36.6 Å². The van der Waals surface area contributed by atoms with Crippen molar-refractivity contribution in [2.24, 2.45) is 11.8 Å². The summed E-state index contributed by atoms with van der Waals surface area (Å²) in [5, 5.41) is 26.2. The number of thiazole rings is 1. The SMILES string of the molecule is CN1CCCC(C2CC(n3cc(-c4nc(Cc5ccccc5)cs4)c4cnc(Cl)nc43)C(O)C2O)C1. The Bertz CT molecular complexity index is 1360. The highest BCUT2D eigenvalue weighted by Crippen LogP contribution is 2.44. The van der Waals surface area contributed by atoms with Crippen molar-refractivity contribution in [1.29, 1.82) is 0 Å². The van der Waals surface area contributed by atoms with Gasteiger partial charge in [0.2, 0.25) is 5.28 Å². The minimum absolute atomic E-state index is 0.0447. The van der Waals surface area contributed by atoms with Gasteiger partial charge in [-0.1, -0.05) is 30.3 Å². The number of rotatable bonds is 5. The van der Waals surface area contributed by atoms with Gasteiger partial charge in [0.05, 0.1) is 17.8 Å². The van der Waals surface area contributed by atoms with Crippen molar-refractivity contribution >= 4 is 34.0 Å². The Kier molecular flexibility index (Phi) is 6.56. The molecule has 5 unspecified atom stereocenters. The third-order valence-electron chi connectivity index (χ3n) is 7.87. The molecule has 9 heteroatoms. The average Bonchev–Trinajstić information content (AvgIpc) is 3.56. The summed E-state index contributed by atoms with van der Waals surface area (Å²) in [5.41, 5.74) is 3.82. The van der Waals surface area contributed by atoms with Gasteiger partial charge in [-0.25, -0.2) is 9.97 Å². The molecule has 6 rings (SSSR count). The van der Waals surface area contributed by atoms with E-state index in [0.717, 1.165) is 54.0 Å². The lowest BCUT2D eigenvalue weighted by molar-refractivity contribution is -0.0125. The fourth-order valence-electron chi connectivity index (χ4n) is 6.09. The lowest BCUT2D eigenvalue weighted by atomic mass is 9.83. The highest BCUT2D eigenvalue weighted by molar-refractivity contribution is 7.13. The lowest BCUT2D eigenvalue weighted by Crippen LogP contribution is -2.39. The zero-order valence-electron chi connectivity index (χ0n) is 20.2. The van der Waals surface area contributed by atoms with Gasteiger partial charge in [0.1, 0.15) is 16.8 Å². The Morgan fingerprint density at radius 1 is 1.14 bits per heavy atom. The van der Waals surface area contributed by atoms with Gasteiger partial charge >= 0.3 is 0 Å². The van der Waals surface area contributed by atoms with Gasteiger partial charge < -0.3 is 19.7 Å². The van der Waals surface area contributed by atoms with Crippen molar-refractivity contribution in [2.45, 2.75) is 43.9 Å². The maximum absolute atomic E-state index is 11.2. The Hall–Kier alpha value is -2.36. The van der Waals surface area contributed by atoms with Crippen molar-refractivity contribution in [2.75, 3.05) is 20.1 Å². The molecule has 0 radical (unpaired) electrons. The molecule has 1 saturated heterocycles. The summed E-state index contributed by atoms with van der Waals surface area (Å²) >= 11 is 7.80. The standard InChI is InChI=1S/C27H30ClN5O2S/c1-32-9-5-8-17(13-32)19-11-22(24(35)23(19)34)33-14-21(20-12-29-27(28)31-25(20)33)26-30-18(15-36-26)10-16-6-3-2-4-7-16/h2-4,6-7,12,14-15,17,19,22-24,34-35H,5,8-11,13H2,1H3. The van der Waals surface area contributed by atoms with E-state index in [1.54, 1.807) is 17.5 Å². The predicted molar refractivity (Wildman–Crippen MR) is 142 cm³/mol. The van der Waals surface area contributed by atoms with Crippen LogP contribution in [-0.2, 0) is 6.42 Å². The van der Waals surface area contributed by atoms with Gasteiger partial charge in [-0.3, -0.25) is 0 Å². The highest BCUT2D eigenvalue weighted by atomic mass is 35.5. The van der Waals surface area contributed by atoms with Crippen LogP contribution in [0.3, 0.4) is 0 Å². The van der Waals surface area contributed by atoms with Crippen LogP contribution in [-0.4, -0.2) is 67.0 Å². The van der Waals surface area contributed by atoms with E-state index in [0.29, 0.717) is 18.0 Å². The molecular weight excluding hydrogens is 494 g/mol. The van der Waals surface area contributed by atoms with E-state index in [2.05, 4.69) is 39.4 Å². The first-order chi connectivity index (χ1) is 17.5. The zero-order valence-corrected chi connectivity index (χ0v) is 21.7. The van der Waals surface area contributed by atoms with Crippen molar-refractivity contribution < 1.29 is 10.2 Å². The van der Waals surface area contributed by atoms with Gasteiger partial charge in [-0.05, 0) is 61.9 Å². The van der Waals surface area contributed by atoms with Gasteiger partial charge in [-0.15, -0.1) is 11.3 Å². The molecule has 7 nitrogen and oxygen atoms in total. The average molecular weight is 524 g/mol. The minimum atomic E-state index is -0.871. The number of fused-ring (bicyclic) bond motifs is 1. The normalized spacial score (nSPS) is 27.2. The van der Waals surface area contributed by atoms with Gasteiger partial charge in [0, 0.05) is 41.7 Å². The minimum Gasteiger partial charge on any atom is -0.390 e. The van der Waals surface area contributed by atoms with Crippen LogP contribution in [0.15, 0.2) is 48.1 Å². The Labute approximate surface area is 219 Å². The molecule has 2 aliphatic rings. The molecule has 5 atom stereocenters. The lowest BCUT2D eigenvalue weighted by Gasteiger charge is -2.34. The first-order valence-electron chi connectivity index (χ1n) is 12.5. The second-order valence-electron chi connectivity index (χ2n) is 10.2. The van der Waals surface area contributed by atoms with Crippen LogP contribution in [0.4, 0.5) is 0 Å². The monoisotopic (exact) mass is 523 g/mol. The fourth-order valence-corrected chi connectivity index (χ4v) is 7.06. The summed E-state index contributed by atoms with van der Waals surface area (Å²) in [6.45, 7) is 2.04. The van der Waals surface area contributed by atoms with E-state index in [1.807, 2.05) is 29.0 Å². The maximum atomic E-state index is 11.2. The molecule has 188 valence electrons. The summed E-state index contributed by atoms with van der Waals surface area (Å²) < 4.78 is 2.00. The van der Waals surface area contributed by atoms with Gasteiger partial charge in [-0.2, -0.15) is 4.98 Å². The molecule has 3 aromatic heterocycles. The molecule has 4 aromatic rings. The Morgan fingerprint density at radius 2 is 1.97 bits per heavy atom. The Morgan fingerprint density at radius 3 is 2.78 bits per heavy atom. The van der Waals surface area contributed by atoms with E-state index in [1.165, 1.54) is 5.56 Å². The molecule has 1 saturated carbocycles. The topological polar surface area (TPSA) is 87.3 Å². The number of hydrogen-bond donors (Lipinski definition) is 2. The van der Waals surface area contributed by atoms with Crippen molar-refractivity contribution in [3.05, 3.63) is 64.6 Å². The van der Waals surface area contributed by atoms with Crippen molar-refractivity contribution in [3.63, 3.8) is 0 Å². The zero-order chi connectivity index (χ0) is 24.8. The number of aromatic nitrogens is 4. The van der Waals surface area contributed by atoms with Gasteiger partial charge in [0.15, 0.2) is 0 Å². The second-order valence-corrected chi connectivity index (χ2v) is 11.4. The number of benzene rings is 1. The number of halogens is 1. The number of piperidine rings is 1. The molecule has 0 bridgehead atoms. The molecule has 0 spiro atoms. The first kappa shape index (κ1) is 24.0. The van der Waals surface area contributed by atoms with Crippen LogP contribution in [0.25, 0.3) is 21.6 Å². The molecule has 1 aliphatic carbocycles. The molecule has 1 aromatic carbocycles. The molecule has 4 heterocycles. The van der Waals surface area contributed by atoms with E-state index in [4.69, 9.17) is 16.6 Å². The summed E-state index contributed by atoms with van der Waals surface area (Å²) in [6, 6.07) is 10.0. The molecular formula is C27H30ClN5O2S. The third-order valence-corrected chi connectivity index (χ3v) is 8.98. The van der Waals surface area contributed by atoms with Gasteiger partial charge in [0.25, 0.3) is 0 Å². The van der Waals surface area contributed by atoms with E-state index in [9.17, 15) is 10.2 Å². The quantitative estimate of drug-likeness (QED) is 0.376. The Balaban J connectivity index is 1.34. The molecule has 2 fully saturated rings. The summed E-state index contributed by atoms with van der Waals surface area (Å²) in [5.74, 6) is 0.417. The smallest absolute Gasteiger partial charge is 0.224 e. The highest BCUT2D eigenvalue weighted by Gasteiger charge is 2.46.